The number of amides is 1. The van der Waals surface area contributed by atoms with Crippen molar-refractivity contribution in [2.45, 2.75) is 43.4 Å². The van der Waals surface area contributed by atoms with Gasteiger partial charge in [-0.3, -0.25) is 14.5 Å². The van der Waals surface area contributed by atoms with Crippen LogP contribution in [0.15, 0.2) is 52.5 Å². The first-order valence-corrected chi connectivity index (χ1v) is 11.5. The number of benzene rings is 1. The molecule has 8 heteroatoms. The minimum Gasteiger partial charge on any atom is -0.294 e. The number of carbonyl (C=O) groups is 2. The summed E-state index contributed by atoms with van der Waals surface area (Å²) in [6.07, 6.45) is 2.94. The highest BCUT2D eigenvalue weighted by molar-refractivity contribution is 8.01. The highest BCUT2D eigenvalue weighted by Gasteiger charge is 2.45. The molecule has 0 spiro atoms. The fourth-order valence-electron chi connectivity index (χ4n) is 4.10. The Hall–Kier alpha value is -2.32. The number of allylic oxidation sites excluding steroid dienone is 2. The standard InChI is InChI=1S/C22H22FN3O2S2/c1-4-9-29-21-25-24-20(30-21)26-16-11-22(2,3)12-17(27)19(16)15(10-18(26)28)13-5-7-14(23)8-6-13/h4-8,15H,1,9-12H2,2-3H3/t15-/m1/s1. The van der Waals surface area contributed by atoms with E-state index in [2.05, 4.69) is 16.8 Å². The smallest absolute Gasteiger partial charge is 0.234 e. The van der Waals surface area contributed by atoms with Gasteiger partial charge < -0.3 is 0 Å². The number of nitrogens with zero attached hydrogens (tertiary/aromatic N) is 3. The Bertz CT molecular complexity index is 1040. The van der Waals surface area contributed by atoms with Crippen LogP contribution in [0.4, 0.5) is 9.52 Å². The van der Waals surface area contributed by atoms with Crippen molar-refractivity contribution in [3.63, 3.8) is 0 Å². The molecule has 2 heterocycles. The van der Waals surface area contributed by atoms with E-state index in [1.807, 2.05) is 13.8 Å². The van der Waals surface area contributed by atoms with Gasteiger partial charge in [0.25, 0.3) is 0 Å². The van der Waals surface area contributed by atoms with Crippen molar-refractivity contribution in [1.29, 1.82) is 0 Å². The summed E-state index contributed by atoms with van der Waals surface area (Å²) in [5.74, 6) is -0.0835. The molecule has 1 aliphatic carbocycles. The zero-order valence-corrected chi connectivity index (χ0v) is 18.5. The van der Waals surface area contributed by atoms with Crippen LogP contribution in [0.5, 0.6) is 0 Å². The largest absolute Gasteiger partial charge is 0.294 e. The molecule has 5 nitrogen and oxygen atoms in total. The Labute approximate surface area is 183 Å². The van der Waals surface area contributed by atoms with Gasteiger partial charge in [0.1, 0.15) is 5.82 Å². The molecule has 2 aliphatic rings. The van der Waals surface area contributed by atoms with Crippen molar-refractivity contribution in [1.82, 2.24) is 10.2 Å². The fraction of sp³-hybridized carbons (Fsp3) is 0.364. The normalized spacial score (nSPS) is 21.0. The molecule has 0 unspecified atom stereocenters. The van der Waals surface area contributed by atoms with Crippen LogP contribution in [0, 0.1) is 11.2 Å². The van der Waals surface area contributed by atoms with E-state index in [1.54, 1.807) is 23.1 Å². The zero-order chi connectivity index (χ0) is 21.5. The second kappa shape index (κ2) is 8.07. The number of thioether (sulfide) groups is 1. The van der Waals surface area contributed by atoms with Crippen molar-refractivity contribution in [3.05, 3.63) is 59.6 Å². The molecule has 0 fully saturated rings. The Morgan fingerprint density at radius 3 is 2.70 bits per heavy atom. The molecule has 1 aromatic heterocycles. The van der Waals surface area contributed by atoms with Crippen LogP contribution in [0.3, 0.4) is 0 Å². The lowest BCUT2D eigenvalue weighted by Crippen LogP contribution is -2.43. The van der Waals surface area contributed by atoms with Gasteiger partial charge in [-0.05, 0) is 29.5 Å². The molecular formula is C22H22FN3O2S2. The van der Waals surface area contributed by atoms with Crippen LogP contribution in [0.1, 0.15) is 44.6 Å². The third-order valence-corrected chi connectivity index (χ3v) is 7.36. The van der Waals surface area contributed by atoms with Crippen LogP contribution < -0.4 is 4.90 Å². The lowest BCUT2D eigenvalue weighted by atomic mass is 9.69. The highest BCUT2D eigenvalue weighted by Crippen LogP contribution is 2.48. The van der Waals surface area contributed by atoms with E-state index in [-0.39, 0.29) is 35.3 Å². The number of aromatic nitrogens is 2. The topological polar surface area (TPSA) is 63.2 Å². The summed E-state index contributed by atoms with van der Waals surface area (Å²) in [7, 11) is 0. The lowest BCUT2D eigenvalue weighted by molar-refractivity contribution is -0.121. The van der Waals surface area contributed by atoms with Crippen molar-refractivity contribution in [2.75, 3.05) is 10.7 Å². The van der Waals surface area contributed by atoms with E-state index in [9.17, 15) is 14.0 Å². The number of anilines is 1. The maximum absolute atomic E-state index is 13.4. The van der Waals surface area contributed by atoms with Gasteiger partial charge in [-0.1, -0.05) is 55.2 Å². The summed E-state index contributed by atoms with van der Waals surface area (Å²) in [5.41, 5.74) is 1.88. The third kappa shape index (κ3) is 3.98. The van der Waals surface area contributed by atoms with Gasteiger partial charge in [-0.15, -0.1) is 16.8 Å². The van der Waals surface area contributed by atoms with Gasteiger partial charge in [0, 0.05) is 35.8 Å². The van der Waals surface area contributed by atoms with E-state index in [4.69, 9.17) is 0 Å². The second-order valence-electron chi connectivity index (χ2n) is 8.29. The fourth-order valence-corrected chi connectivity index (χ4v) is 5.74. The molecule has 30 heavy (non-hydrogen) atoms. The predicted molar refractivity (Wildman–Crippen MR) is 117 cm³/mol. The van der Waals surface area contributed by atoms with Gasteiger partial charge in [0.05, 0.1) is 0 Å². The van der Waals surface area contributed by atoms with Crippen molar-refractivity contribution < 1.29 is 14.0 Å². The average molecular weight is 444 g/mol. The minimum absolute atomic E-state index is 0.0406. The summed E-state index contributed by atoms with van der Waals surface area (Å²) in [4.78, 5) is 28.1. The summed E-state index contributed by atoms with van der Waals surface area (Å²) in [6.45, 7) is 7.77. The van der Waals surface area contributed by atoms with Crippen LogP contribution in [0.2, 0.25) is 0 Å². The van der Waals surface area contributed by atoms with Crippen molar-refractivity contribution in [2.24, 2.45) is 5.41 Å². The molecule has 1 aromatic carbocycles. The molecule has 0 N–H and O–H groups in total. The van der Waals surface area contributed by atoms with Gasteiger partial charge in [-0.25, -0.2) is 4.39 Å². The van der Waals surface area contributed by atoms with Crippen molar-refractivity contribution >= 4 is 39.9 Å². The van der Waals surface area contributed by atoms with E-state index >= 15 is 0 Å². The van der Waals surface area contributed by atoms with Gasteiger partial charge >= 0.3 is 0 Å². The van der Waals surface area contributed by atoms with Crippen LogP contribution in [-0.2, 0) is 9.59 Å². The first kappa shape index (κ1) is 20.9. The maximum atomic E-state index is 13.4. The van der Waals surface area contributed by atoms with Gasteiger partial charge in [-0.2, -0.15) is 0 Å². The number of Topliss-reactive ketones (excluding diaryl/α,β-unsaturated/α-hetero) is 1. The molecule has 1 aliphatic heterocycles. The molecule has 1 amide bonds. The monoisotopic (exact) mass is 443 g/mol. The lowest BCUT2D eigenvalue weighted by Gasteiger charge is -2.41. The van der Waals surface area contributed by atoms with Gasteiger partial charge in [0.2, 0.25) is 11.0 Å². The molecule has 0 saturated carbocycles. The van der Waals surface area contributed by atoms with Crippen LogP contribution >= 0.6 is 23.1 Å². The van der Waals surface area contributed by atoms with Crippen LogP contribution in [-0.4, -0.2) is 27.6 Å². The molecule has 0 radical (unpaired) electrons. The minimum atomic E-state index is -0.365. The molecule has 156 valence electrons. The number of ketones is 1. The van der Waals surface area contributed by atoms with E-state index in [0.717, 1.165) is 9.90 Å². The summed E-state index contributed by atoms with van der Waals surface area (Å²) in [5, 5.41) is 8.91. The Morgan fingerprint density at radius 2 is 2.00 bits per heavy atom. The molecule has 2 aromatic rings. The van der Waals surface area contributed by atoms with Gasteiger partial charge in [0.15, 0.2) is 10.1 Å². The molecular weight excluding hydrogens is 421 g/mol. The third-order valence-electron chi connectivity index (χ3n) is 5.33. The zero-order valence-electron chi connectivity index (χ0n) is 16.9. The quantitative estimate of drug-likeness (QED) is 0.365. The summed E-state index contributed by atoms with van der Waals surface area (Å²) < 4.78 is 14.2. The Kier molecular flexibility index (Phi) is 5.63. The first-order valence-electron chi connectivity index (χ1n) is 9.71. The first-order chi connectivity index (χ1) is 14.3. The SMILES string of the molecule is C=CCSc1nnc(N2C(=O)C[C@H](c3ccc(F)cc3)C3=C2CC(C)(C)CC3=O)s1. The van der Waals surface area contributed by atoms with Crippen molar-refractivity contribution in [3.8, 4) is 0 Å². The number of carbonyl (C=O) groups excluding carboxylic acids is 2. The predicted octanol–water partition coefficient (Wildman–Crippen LogP) is 5.12. The summed E-state index contributed by atoms with van der Waals surface area (Å²) >= 11 is 2.85. The average Bonchev–Trinajstić information content (AvgIpc) is 3.13. The molecule has 4 rings (SSSR count). The van der Waals surface area contributed by atoms with E-state index < -0.39 is 0 Å². The number of hydrogen-bond acceptors (Lipinski definition) is 6. The molecule has 1 atom stereocenters. The van der Waals surface area contributed by atoms with E-state index in [1.165, 1.54) is 35.2 Å². The summed E-state index contributed by atoms with van der Waals surface area (Å²) in [6, 6.07) is 6.07. The molecule has 0 bridgehead atoms. The number of halogens is 1. The highest BCUT2D eigenvalue weighted by atomic mass is 32.2. The maximum Gasteiger partial charge on any atom is 0.234 e. The molecule has 0 saturated heterocycles. The Morgan fingerprint density at radius 1 is 1.27 bits per heavy atom. The second-order valence-corrected chi connectivity index (χ2v) is 10.5. The number of rotatable bonds is 5. The van der Waals surface area contributed by atoms with Crippen LogP contribution in [0.25, 0.3) is 0 Å². The number of hydrogen-bond donors (Lipinski definition) is 0. The van der Waals surface area contributed by atoms with E-state index in [0.29, 0.717) is 35.0 Å². The Balaban J connectivity index is 1.81.